The lowest BCUT2D eigenvalue weighted by Crippen LogP contribution is -2.45. The summed E-state index contributed by atoms with van der Waals surface area (Å²) in [6.45, 7) is 0. The first-order chi connectivity index (χ1) is 9.48. The van der Waals surface area contributed by atoms with E-state index < -0.39 is 26.2 Å². The van der Waals surface area contributed by atoms with Crippen molar-refractivity contribution in [2.75, 3.05) is 0 Å². The molecule has 2 fully saturated rings. The van der Waals surface area contributed by atoms with Crippen molar-refractivity contribution in [2.24, 2.45) is 5.92 Å². The Hall–Kier alpha value is -1.30. The summed E-state index contributed by atoms with van der Waals surface area (Å²) in [5, 5.41) is -0.810. The van der Waals surface area contributed by atoms with E-state index in [1.54, 1.807) is 0 Å². The number of pyridine rings is 1. The van der Waals surface area contributed by atoms with Crippen molar-refractivity contribution in [3.8, 4) is 0 Å². The van der Waals surface area contributed by atoms with Crippen molar-refractivity contribution < 1.29 is 17.6 Å². The van der Waals surface area contributed by atoms with E-state index in [1.165, 1.54) is 12.3 Å². The van der Waals surface area contributed by atoms with Crippen LogP contribution in [0.15, 0.2) is 18.3 Å². The summed E-state index contributed by atoms with van der Waals surface area (Å²) in [6, 6.07) is 2.32. The summed E-state index contributed by atoms with van der Waals surface area (Å²) >= 11 is 0. The topological polar surface area (TPSA) is 64.1 Å². The number of ketones is 1. The molecule has 1 aromatic rings. The monoisotopic (exact) mass is 297 g/mol. The molecule has 2 aliphatic heterocycles. The van der Waals surface area contributed by atoms with E-state index in [1.807, 2.05) is 0 Å². The van der Waals surface area contributed by atoms with Crippen molar-refractivity contribution in [1.29, 1.82) is 0 Å². The van der Waals surface area contributed by atoms with Crippen LogP contribution in [0.4, 0.5) is 4.39 Å². The molecule has 1 aromatic heterocycles. The van der Waals surface area contributed by atoms with Crippen LogP contribution in [-0.2, 0) is 9.84 Å². The normalized spacial score (nSPS) is 31.8. The molecule has 0 N–H and O–H groups in total. The van der Waals surface area contributed by atoms with Crippen LogP contribution < -0.4 is 0 Å². The molecule has 2 aliphatic rings. The number of carbonyl (C=O) groups is 1. The first-order valence-corrected chi connectivity index (χ1v) is 8.48. The fourth-order valence-corrected chi connectivity index (χ4v) is 5.91. The van der Waals surface area contributed by atoms with Crippen molar-refractivity contribution in [3.05, 3.63) is 29.8 Å². The summed E-state index contributed by atoms with van der Waals surface area (Å²) in [7, 11) is -3.07. The maximum atomic E-state index is 13.2. The molecule has 2 bridgehead atoms. The molecule has 0 amide bonds. The highest BCUT2D eigenvalue weighted by Gasteiger charge is 2.46. The number of halogens is 1. The SMILES string of the molecule is O=C(c1cc(F)ccn1)C1CC2CCCC(C1)S2(=O)=O. The molecule has 2 unspecified atom stereocenters. The number of nitrogens with zero attached hydrogens (tertiary/aromatic N) is 1. The second-order valence-corrected chi connectivity index (χ2v) is 8.17. The average molecular weight is 297 g/mol. The van der Waals surface area contributed by atoms with Gasteiger partial charge in [-0.05, 0) is 31.7 Å². The second-order valence-electron chi connectivity index (χ2n) is 5.66. The Bertz CT molecular complexity index is 624. The number of hydrogen-bond donors (Lipinski definition) is 0. The van der Waals surface area contributed by atoms with E-state index in [0.29, 0.717) is 25.7 Å². The third kappa shape index (κ3) is 2.26. The molecule has 2 saturated heterocycles. The molecule has 0 saturated carbocycles. The fraction of sp³-hybridized carbons (Fsp3) is 0.571. The molecule has 0 aliphatic carbocycles. The third-order valence-corrected chi connectivity index (χ3v) is 7.14. The van der Waals surface area contributed by atoms with Crippen LogP contribution in [0.1, 0.15) is 42.6 Å². The minimum atomic E-state index is -3.07. The average Bonchev–Trinajstić information content (AvgIpc) is 2.36. The lowest BCUT2D eigenvalue weighted by atomic mass is 9.85. The van der Waals surface area contributed by atoms with Gasteiger partial charge in [-0.3, -0.25) is 9.78 Å². The summed E-state index contributed by atoms with van der Waals surface area (Å²) in [4.78, 5) is 16.3. The van der Waals surface area contributed by atoms with Gasteiger partial charge in [0.15, 0.2) is 15.6 Å². The van der Waals surface area contributed by atoms with E-state index in [4.69, 9.17) is 0 Å². The molecular formula is C14H16FNO3S. The van der Waals surface area contributed by atoms with E-state index in [2.05, 4.69) is 4.98 Å². The molecule has 4 nitrogen and oxygen atoms in total. The Morgan fingerprint density at radius 3 is 2.50 bits per heavy atom. The van der Waals surface area contributed by atoms with Gasteiger partial charge >= 0.3 is 0 Å². The largest absolute Gasteiger partial charge is 0.292 e. The molecule has 6 heteroatoms. The fourth-order valence-electron chi connectivity index (χ4n) is 3.37. The van der Waals surface area contributed by atoms with Gasteiger partial charge in [0.05, 0.1) is 10.5 Å². The first kappa shape index (κ1) is 13.7. The number of carbonyl (C=O) groups excluding carboxylic acids is 1. The van der Waals surface area contributed by atoms with Gasteiger partial charge in [0.25, 0.3) is 0 Å². The Morgan fingerprint density at radius 2 is 1.90 bits per heavy atom. The lowest BCUT2D eigenvalue weighted by Gasteiger charge is -2.37. The lowest BCUT2D eigenvalue weighted by molar-refractivity contribution is 0.0888. The van der Waals surface area contributed by atoms with Gasteiger partial charge in [0, 0.05) is 18.2 Å². The van der Waals surface area contributed by atoms with Gasteiger partial charge in [-0.25, -0.2) is 12.8 Å². The number of hydrogen-bond acceptors (Lipinski definition) is 4. The van der Waals surface area contributed by atoms with Gasteiger partial charge < -0.3 is 0 Å². The smallest absolute Gasteiger partial charge is 0.184 e. The molecule has 3 rings (SSSR count). The Kier molecular flexibility index (Phi) is 3.36. The minimum Gasteiger partial charge on any atom is -0.292 e. The van der Waals surface area contributed by atoms with Crippen molar-refractivity contribution in [3.63, 3.8) is 0 Å². The van der Waals surface area contributed by atoms with Gasteiger partial charge in [-0.1, -0.05) is 6.42 Å². The summed E-state index contributed by atoms with van der Waals surface area (Å²) in [5.41, 5.74) is 0.104. The maximum Gasteiger partial charge on any atom is 0.184 e. The highest BCUT2D eigenvalue weighted by atomic mass is 32.2. The van der Waals surface area contributed by atoms with Crippen molar-refractivity contribution in [1.82, 2.24) is 4.98 Å². The van der Waals surface area contributed by atoms with Crippen molar-refractivity contribution in [2.45, 2.75) is 42.6 Å². The predicted molar refractivity (Wildman–Crippen MR) is 71.6 cm³/mol. The van der Waals surface area contributed by atoms with Crippen LogP contribution in [0.2, 0.25) is 0 Å². The standard InChI is InChI=1S/C14H16FNO3S/c15-10-4-5-16-13(8-10)14(17)9-6-11-2-1-3-12(7-9)20(11,18)19/h4-5,8-9,11-12H,1-3,6-7H2. The van der Waals surface area contributed by atoms with Crippen LogP contribution in [-0.4, -0.2) is 29.7 Å². The summed E-state index contributed by atoms with van der Waals surface area (Å²) < 4.78 is 37.5. The van der Waals surface area contributed by atoms with E-state index in [9.17, 15) is 17.6 Å². The predicted octanol–water partition coefficient (Wildman–Crippen LogP) is 2.15. The molecule has 108 valence electrons. The first-order valence-electron chi connectivity index (χ1n) is 6.87. The minimum absolute atomic E-state index is 0.104. The van der Waals surface area contributed by atoms with Crippen LogP contribution in [0.5, 0.6) is 0 Å². The molecule has 3 heterocycles. The zero-order valence-electron chi connectivity index (χ0n) is 11.0. The van der Waals surface area contributed by atoms with Gasteiger partial charge in [0.1, 0.15) is 11.5 Å². The Morgan fingerprint density at radius 1 is 1.25 bits per heavy atom. The third-order valence-electron chi connectivity index (χ3n) is 4.42. The molecule has 0 radical (unpaired) electrons. The quantitative estimate of drug-likeness (QED) is 0.785. The molecular weight excluding hydrogens is 281 g/mol. The van der Waals surface area contributed by atoms with Crippen LogP contribution >= 0.6 is 0 Å². The number of rotatable bonds is 2. The number of fused-ring (bicyclic) bond motifs is 2. The second kappa shape index (κ2) is 4.91. The molecule has 0 spiro atoms. The van der Waals surface area contributed by atoms with E-state index >= 15 is 0 Å². The Balaban J connectivity index is 1.85. The van der Waals surface area contributed by atoms with Gasteiger partial charge in [0.2, 0.25) is 0 Å². The van der Waals surface area contributed by atoms with Crippen molar-refractivity contribution >= 4 is 15.6 Å². The number of sulfone groups is 1. The molecule has 2 atom stereocenters. The van der Waals surface area contributed by atoms with Crippen LogP contribution in [0.3, 0.4) is 0 Å². The summed E-state index contributed by atoms with van der Waals surface area (Å²) in [5.74, 6) is -1.06. The zero-order valence-corrected chi connectivity index (χ0v) is 11.8. The number of Topliss-reactive ketones (excluding diaryl/α,β-unsaturated/α-hetero) is 1. The maximum absolute atomic E-state index is 13.2. The summed E-state index contributed by atoms with van der Waals surface area (Å²) in [6.07, 6.45) is 4.17. The van der Waals surface area contributed by atoms with E-state index in [0.717, 1.165) is 12.5 Å². The Labute approximate surface area is 117 Å². The van der Waals surface area contributed by atoms with Crippen LogP contribution in [0, 0.1) is 11.7 Å². The molecule has 0 aromatic carbocycles. The van der Waals surface area contributed by atoms with Crippen LogP contribution in [0.25, 0.3) is 0 Å². The van der Waals surface area contributed by atoms with Gasteiger partial charge in [-0.2, -0.15) is 0 Å². The van der Waals surface area contributed by atoms with Gasteiger partial charge in [-0.15, -0.1) is 0 Å². The highest BCUT2D eigenvalue weighted by Crippen LogP contribution is 2.40. The highest BCUT2D eigenvalue weighted by molar-refractivity contribution is 7.92. The van der Waals surface area contributed by atoms with E-state index in [-0.39, 0.29) is 17.4 Å². The zero-order chi connectivity index (χ0) is 14.3. The number of aromatic nitrogens is 1. The molecule has 20 heavy (non-hydrogen) atoms.